The summed E-state index contributed by atoms with van der Waals surface area (Å²) in [4.78, 5) is 35.7. The number of nitrogens with one attached hydrogen (secondary N) is 3. The summed E-state index contributed by atoms with van der Waals surface area (Å²) in [6.45, 7) is 1.72. The third-order valence-corrected chi connectivity index (χ3v) is 4.78. The number of fused-ring (bicyclic) bond motifs is 1. The first kappa shape index (κ1) is 17.3. The van der Waals surface area contributed by atoms with Gasteiger partial charge in [-0.3, -0.25) is 4.79 Å². The molecule has 1 aliphatic rings. The third-order valence-electron chi connectivity index (χ3n) is 4.78. The molecule has 1 aliphatic heterocycles. The van der Waals surface area contributed by atoms with Crippen molar-refractivity contribution in [3.63, 3.8) is 0 Å². The molecule has 0 unspecified atom stereocenters. The molecule has 1 aromatic carbocycles. The van der Waals surface area contributed by atoms with Crippen LogP contribution < -0.4 is 15.9 Å². The minimum absolute atomic E-state index is 0.229. The van der Waals surface area contributed by atoms with Crippen molar-refractivity contribution in [1.82, 2.24) is 20.3 Å². The topological polar surface area (TPSA) is 114 Å². The van der Waals surface area contributed by atoms with Crippen molar-refractivity contribution in [1.29, 1.82) is 0 Å². The number of piperidine rings is 1. The highest BCUT2D eigenvalue weighted by molar-refractivity contribution is 5.97. The monoisotopic (exact) mass is 367 g/mol. The van der Waals surface area contributed by atoms with Crippen LogP contribution in [0.15, 0.2) is 41.3 Å². The van der Waals surface area contributed by atoms with Crippen LogP contribution in [0.5, 0.6) is 0 Å². The molecule has 8 nitrogen and oxygen atoms in total. The standard InChI is InChI=1S/C19H21N5O3/c25-14-4-2-8-24(11-14)17-13(3-1-7-20-17)10-21-18(26)12-5-6-15-16(9-12)23-19(27)22-15/h1,3,5-7,9,14,25H,2,4,8,10-11H2,(H,21,26)(H2,22,23,27)/t14-/m0/s1. The van der Waals surface area contributed by atoms with Gasteiger partial charge in [-0.25, -0.2) is 9.78 Å². The van der Waals surface area contributed by atoms with E-state index in [-0.39, 0.29) is 17.7 Å². The Hall–Kier alpha value is -3.13. The molecule has 0 radical (unpaired) electrons. The number of hydrogen-bond acceptors (Lipinski definition) is 5. The molecule has 2 aromatic heterocycles. The van der Waals surface area contributed by atoms with Crippen molar-refractivity contribution in [2.75, 3.05) is 18.0 Å². The second kappa shape index (κ2) is 7.24. The fraction of sp³-hybridized carbons (Fsp3) is 0.316. The lowest BCUT2D eigenvalue weighted by atomic mass is 10.1. The van der Waals surface area contributed by atoms with Crippen LogP contribution in [0.1, 0.15) is 28.8 Å². The number of aliphatic hydroxyl groups is 1. The van der Waals surface area contributed by atoms with Gasteiger partial charge in [0.15, 0.2) is 0 Å². The van der Waals surface area contributed by atoms with E-state index >= 15 is 0 Å². The Morgan fingerprint density at radius 1 is 1.30 bits per heavy atom. The highest BCUT2D eigenvalue weighted by Crippen LogP contribution is 2.22. The third kappa shape index (κ3) is 3.70. The molecule has 1 fully saturated rings. The summed E-state index contributed by atoms with van der Waals surface area (Å²) in [6.07, 6.45) is 3.09. The quantitative estimate of drug-likeness (QED) is 0.552. The van der Waals surface area contributed by atoms with Crippen LogP contribution in [-0.4, -0.2) is 45.2 Å². The molecule has 3 heterocycles. The van der Waals surface area contributed by atoms with E-state index in [1.807, 2.05) is 12.1 Å². The van der Waals surface area contributed by atoms with Crippen LogP contribution in [0.4, 0.5) is 5.82 Å². The van der Waals surface area contributed by atoms with E-state index < -0.39 is 0 Å². The lowest BCUT2D eigenvalue weighted by molar-refractivity contribution is 0.0951. The molecule has 4 rings (SSSR count). The Balaban J connectivity index is 1.49. The minimum Gasteiger partial charge on any atom is -0.391 e. The molecular weight excluding hydrogens is 346 g/mol. The average Bonchev–Trinajstić information content (AvgIpc) is 3.05. The lowest BCUT2D eigenvalue weighted by Crippen LogP contribution is -2.39. The molecule has 1 saturated heterocycles. The van der Waals surface area contributed by atoms with Gasteiger partial charge >= 0.3 is 5.69 Å². The summed E-state index contributed by atoms with van der Waals surface area (Å²) >= 11 is 0. The highest BCUT2D eigenvalue weighted by atomic mass is 16.3. The van der Waals surface area contributed by atoms with Crippen LogP contribution in [0.2, 0.25) is 0 Å². The maximum Gasteiger partial charge on any atom is 0.323 e. The molecule has 0 saturated carbocycles. The summed E-state index contributed by atoms with van der Waals surface area (Å²) in [7, 11) is 0. The number of imidazole rings is 1. The van der Waals surface area contributed by atoms with Gasteiger partial charge in [-0.2, -0.15) is 0 Å². The van der Waals surface area contributed by atoms with Gasteiger partial charge in [-0.05, 0) is 37.1 Å². The summed E-state index contributed by atoms with van der Waals surface area (Å²) in [6, 6.07) is 8.78. The Morgan fingerprint density at radius 2 is 2.15 bits per heavy atom. The number of H-pyrrole nitrogens is 2. The van der Waals surface area contributed by atoms with Crippen molar-refractivity contribution in [2.45, 2.75) is 25.5 Å². The summed E-state index contributed by atoms with van der Waals surface area (Å²) in [5.41, 5.74) is 2.32. The van der Waals surface area contributed by atoms with E-state index in [4.69, 9.17) is 0 Å². The minimum atomic E-state index is -0.349. The van der Waals surface area contributed by atoms with Crippen LogP contribution in [0.3, 0.4) is 0 Å². The van der Waals surface area contributed by atoms with Gasteiger partial charge < -0.3 is 25.3 Å². The molecule has 1 atom stereocenters. The average molecular weight is 367 g/mol. The zero-order valence-electron chi connectivity index (χ0n) is 14.7. The number of carbonyl (C=O) groups is 1. The number of rotatable bonds is 4. The Labute approximate surface area is 155 Å². The van der Waals surface area contributed by atoms with Crippen LogP contribution in [0.25, 0.3) is 11.0 Å². The largest absolute Gasteiger partial charge is 0.391 e. The predicted octanol–water partition coefficient (Wildman–Crippen LogP) is 1.14. The molecule has 4 N–H and O–H groups in total. The van der Waals surface area contributed by atoms with Crippen molar-refractivity contribution >= 4 is 22.8 Å². The lowest BCUT2D eigenvalue weighted by Gasteiger charge is -2.32. The van der Waals surface area contributed by atoms with E-state index in [1.54, 1.807) is 24.4 Å². The zero-order valence-corrected chi connectivity index (χ0v) is 14.7. The highest BCUT2D eigenvalue weighted by Gasteiger charge is 2.21. The van der Waals surface area contributed by atoms with E-state index in [0.717, 1.165) is 30.8 Å². The Bertz CT molecular complexity index is 1030. The number of aromatic amines is 2. The maximum atomic E-state index is 12.5. The number of nitrogens with zero attached hydrogens (tertiary/aromatic N) is 2. The molecule has 0 spiro atoms. The predicted molar refractivity (Wildman–Crippen MR) is 102 cm³/mol. The molecule has 3 aromatic rings. The maximum absolute atomic E-state index is 12.5. The number of benzene rings is 1. The Morgan fingerprint density at radius 3 is 3.00 bits per heavy atom. The van der Waals surface area contributed by atoms with E-state index in [2.05, 4.69) is 25.2 Å². The number of anilines is 1. The SMILES string of the molecule is O=C(NCc1cccnc1N1CCC[C@H](O)C1)c1ccc2[nH]c(=O)[nH]c2c1. The van der Waals surface area contributed by atoms with Crippen LogP contribution >= 0.6 is 0 Å². The zero-order chi connectivity index (χ0) is 18.8. The first-order chi connectivity index (χ1) is 13.1. The first-order valence-electron chi connectivity index (χ1n) is 8.97. The number of aliphatic hydroxyl groups excluding tert-OH is 1. The fourth-order valence-electron chi connectivity index (χ4n) is 3.45. The Kier molecular flexibility index (Phi) is 4.64. The number of β-amino-alcohol motifs (C(OH)–C–C–N with tert-alkyl or cyclic N) is 1. The molecule has 140 valence electrons. The molecule has 8 heteroatoms. The molecular formula is C19H21N5O3. The van der Waals surface area contributed by atoms with Gasteiger partial charge in [0, 0.05) is 37.0 Å². The van der Waals surface area contributed by atoms with Crippen molar-refractivity contribution in [3.8, 4) is 0 Å². The second-order valence-corrected chi connectivity index (χ2v) is 6.75. The van der Waals surface area contributed by atoms with Gasteiger partial charge in [0.05, 0.1) is 17.1 Å². The fourth-order valence-corrected chi connectivity index (χ4v) is 3.45. The molecule has 1 amide bonds. The van der Waals surface area contributed by atoms with Crippen LogP contribution in [0, 0.1) is 0 Å². The van der Waals surface area contributed by atoms with Gasteiger partial charge in [0.2, 0.25) is 0 Å². The smallest absolute Gasteiger partial charge is 0.323 e. The summed E-state index contributed by atoms with van der Waals surface area (Å²) < 4.78 is 0. The number of aromatic nitrogens is 3. The first-order valence-corrected chi connectivity index (χ1v) is 8.97. The van der Waals surface area contributed by atoms with E-state index in [0.29, 0.717) is 29.7 Å². The molecule has 27 heavy (non-hydrogen) atoms. The summed E-state index contributed by atoms with van der Waals surface area (Å²) in [5.74, 6) is 0.564. The van der Waals surface area contributed by atoms with Gasteiger partial charge in [-0.15, -0.1) is 0 Å². The number of amides is 1. The van der Waals surface area contributed by atoms with E-state index in [9.17, 15) is 14.7 Å². The van der Waals surface area contributed by atoms with Crippen LogP contribution in [-0.2, 0) is 6.54 Å². The summed E-state index contributed by atoms with van der Waals surface area (Å²) in [5, 5.41) is 12.8. The van der Waals surface area contributed by atoms with Crippen molar-refractivity contribution in [2.24, 2.45) is 0 Å². The van der Waals surface area contributed by atoms with Gasteiger partial charge in [-0.1, -0.05) is 6.07 Å². The normalized spacial score (nSPS) is 17.2. The van der Waals surface area contributed by atoms with Gasteiger partial charge in [0.25, 0.3) is 5.91 Å². The molecule has 0 bridgehead atoms. The van der Waals surface area contributed by atoms with E-state index in [1.165, 1.54) is 0 Å². The number of pyridine rings is 1. The van der Waals surface area contributed by atoms with Crippen molar-refractivity contribution < 1.29 is 9.90 Å². The van der Waals surface area contributed by atoms with Crippen molar-refractivity contribution in [3.05, 3.63) is 58.1 Å². The second-order valence-electron chi connectivity index (χ2n) is 6.75. The number of carbonyl (C=O) groups excluding carboxylic acids is 1. The molecule has 0 aliphatic carbocycles. The van der Waals surface area contributed by atoms with Gasteiger partial charge in [0.1, 0.15) is 5.82 Å². The number of hydrogen-bond donors (Lipinski definition) is 4.